The van der Waals surface area contributed by atoms with Crippen LogP contribution in [0.3, 0.4) is 0 Å². The fourth-order valence-corrected chi connectivity index (χ4v) is 3.74. The maximum absolute atomic E-state index is 11.9. The van der Waals surface area contributed by atoms with Gasteiger partial charge in [-0.25, -0.2) is 4.79 Å². The summed E-state index contributed by atoms with van der Waals surface area (Å²) in [6.07, 6.45) is 0. The van der Waals surface area contributed by atoms with Crippen molar-refractivity contribution in [1.29, 1.82) is 0 Å². The molecule has 1 N–H and O–H groups in total. The number of carbonyl (C=O) groups is 3. The molecule has 1 saturated heterocycles. The van der Waals surface area contributed by atoms with Crippen LogP contribution in [0, 0.1) is 0 Å². The van der Waals surface area contributed by atoms with E-state index in [9.17, 15) is 19.5 Å². The molecule has 2 heterocycles. The quantitative estimate of drug-likeness (QED) is 0.477. The molecule has 0 saturated carbocycles. The Bertz CT molecular complexity index is 567. The molecular weight excluding hydrogens is 329 g/mol. The van der Waals surface area contributed by atoms with Crippen LogP contribution in [0.1, 0.15) is 6.92 Å². The second-order valence-electron chi connectivity index (χ2n) is 4.05. The molecule has 2 aliphatic heterocycles. The van der Waals surface area contributed by atoms with Crippen LogP contribution in [0.25, 0.3) is 0 Å². The van der Waals surface area contributed by atoms with Crippen molar-refractivity contribution in [3.8, 4) is 0 Å². The van der Waals surface area contributed by atoms with Crippen LogP contribution in [0.2, 0.25) is 0 Å². The van der Waals surface area contributed by atoms with Crippen molar-refractivity contribution >= 4 is 52.8 Å². The highest BCUT2D eigenvalue weighted by Crippen LogP contribution is 2.45. The summed E-state index contributed by atoms with van der Waals surface area (Å²) in [7, 11) is 0. The van der Waals surface area contributed by atoms with E-state index < -0.39 is 23.2 Å². The highest BCUT2D eigenvalue weighted by Gasteiger charge is 2.51. The highest BCUT2D eigenvalue weighted by molar-refractivity contribution is 8.00. The number of ether oxygens (including phenoxy) is 1. The molecular formula is C11H9Cl2NO5S. The number of carbonyl (C=O) groups excluding carboxylic acids is 2. The van der Waals surface area contributed by atoms with Crippen molar-refractivity contribution in [2.75, 3.05) is 12.4 Å². The van der Waals surface area contributed by atoms with E-state index in [1.165, 1.54) is 18.7 Å². The summed E-state index contributed by atoms with van der Waals surface area (Å²) < 4.78 is 4.65. The lowest BCUT2D eigenvalue weighted by Gasteiger charge is -2.45. The molecule has 6 nitrogen and oxygen atoms in total. The summed E-state index contributed by atoms with van der Waals surface area (Å²) in [6, 6.07) is 0. The zero-order chi connectivity index (χ0) is 15.0. The molecule has 0 aromatic heterocycles. The van der Waals surface area contributed by atoms with Gasteiger partial charge in [0.15, 0.2) is 0 Å². The van der Waals surface area contributed by atoms with Crippen LogP contribution in [0.4, 0.5) is 0 Å². The fraction of sp³-hybridized carbons (Fsp3) is 0.364. The number of nitrogens with zero attached hydrogens (tertiary/aromatic N) is 1. The number of rotatable bonds is 3. The van der Waals surface area contributed by atoms with Crippen molar-refractivity contribution in [2.45, 2.75) is 12.3 Å². The molecule has 1 atom stereocenters. The lowest BCUT2D eigenvalue weighted by molar-refractivity contribution is -0.142. The smallest absolute Gasteiger partial charge is 0.352 e. The molecule has 2 rings (SSSR count). The molecule has 0 aliphatic carbocycles. The maximum Gasteiger partial charge on any atom is 0.352 e. The van der Waals surface area contributed by atoms with E-state index in [0.29, 0.717) is 11.3 Å². The average molecular weight is 338 g/mol. The van der Waals surface area contributed by atoms with E-state index in [2.05, 4.69) is 0 Å². The molecule has 9 heteroatoms. The normalized spacial score (nSPS) is 21.4. The number of fused-ring (bicyclic) bond motifs is 1. The lowest BCUT2D eigenvalue weighted by atomic mass is 10.0. The summed E-state index contributed by atoms with van der Waals surface area (Å²) in [5, 5.41) is 8.75. The summed E-state index contributed by atoms with van der Waals surface area (Å²) >= 11 is 12.5. The van der Waals surface area contributed by atoms with Gasteiger partial charge in [-0.2, -0.15) is 0 Å². The number of β-lactam (4-membered cyclic amide) rings is 1. The first-order valence-electron chi connectivity index (χ1n) is 5.43. The van der Waals surface area contributed by atoms with Crippen molar-refractivity contribution in [3.63, 3.8) is 0 Å². The minimum Gasteiger partial charge on any atom is -0.477 e. The predicted molar refractivity (Wildman–Crippen MR) is 73.1 cm³/mol. The molecule has 0 aromatic rings. The predicted octanol–water partition coefficient (Wildman–Crippen LogP) is 1.49. The summed E-state index contributed by atoms with van der Waals surface area (Å²) in [6.45, 7) is 1.07. The number of amides is 1. The van der Waals surface area contributed by atoms with Crippen LogP contribution in [0.5, 0.6) is 0 Å². The van der Waals surface area contributed by atoms with Gasteiger partial charge in [-0.1, -0.05) is 23.2 Å². The Morgan fingerprint density at radius 2 is 2.15 bits per heavy atom. The Morgan fingerprint density at radius 3 is 2.65 bits per heavy atom. The number of hydrogen-bond donors (Lipinski definition) is 1. The lowest BCUT2D eigenvalue weighted by Crippen LogP contribution is -2.56. The van der Waals surface area contributed by atoms with Crippen LogP contribution in [-0.2, 0) is 19.1 Å². The van der Waals surface area contributed by atoms with E-state index in [1.807, 2.05) is 0 Å². The van der Waals surface area contributed by atoms with Crippen molar-refractivity contribution in [2.24, 2.45) is 0 Å². The Labute approximate surface area is 128 Å². The molecule has 2 aliphatic rings. The molecule has 1 amide bonds. The van der Waals surface area contributed by atoms with E-state index >= 15 is 0 Å². The summed E-state index contributed by atoms with van der Waals surface area (Å²) in [4.78, 5) is 35.2. The molecule has 0 aromatic carbocycles. The van der Waals surface area contributed by atoms with E-state index in [-0.39, 0.29) is 22.4 Å². The number of esters is 1. The number of aliphatic carboxylic acids is 1. The van der Waals surface area contributed by atoms with E-state index in [1.54, 1.807) is 0 Å². The van der Waals surface area contributed by atoms with E-state index in [4.69, 9.17) is 27.9 Å². The molecule has 0 bridgehead atoms. The molecule has 1 fully saturated rings. The number of thioether (sulfide) groups is 1. The second kappa shape index (κ2) is 5.67. The minimum absolute atomic E-state index is 0.156. The largest absolute Gasteiger partial charge is 0.477 e. The average Bonchev–Trinajstić information content (AvgIpc) is 2.34. The first-order valence-corrected chi connectivity index (χ1v) is 7.24. The number of carboxylic acids is 1. The molecule has 0 radical (unpaired) electrons. The molecule has 20 heavy (non-hydrogen) atoms. The Hall–Kier alpha value is -1.18. The SMILES string of the molecule is CC(=O)OCC1=C(C(=O)O)N2C(=O)C(=C(Cl)Cl)[C@H]2SC1. The van der Waals surface area contributed by atoms with E-state index in [0.717, 1.165) is 4.90 Å². The number of carboxylic acid groups (broad SMARTS) is 1. The van der Waals surface area contributed by atoms with Gasteiger partial charge in [-0.15, -0.1) is 11.8 Å². The molecule has 0 spiro atoms. The highest BCUT2D eigenvalue weighted by atomic mass is 35.5. The van der Waals surface area contributed by atoms with Gasteiger partial charge in [0.05, 0.1) is 5.57 Å². The van der Waals surface area contributed by atoms with Crippen LogP contribution in [-0.4, -0.2) is 45.6 Å². The summed E-state index contributed by atoms with van der Waals surface area (Å²) in [5.41, 5.74) is 0.397. The van der Waals surface area contributed by atoms with Crippen molar-refractivity contribution < 1.29 is 24.2 Å². The van der Waals surface area contributed by atoms with Gasteiger partial charge in [0, 0.05) is 18.2 Å². The van der Waals surface area contributed by atoms with Gasteiger partial charge in [0.1, 0.15) is 22.2 Å². The molecule has 0 unspecified atom stereocenters. The number of halogens is 2. The zero-order valence-corrected chi connectivity index (χ0v) is 12.5. The van der Waals surface area contributed by atoms with Gasteiger partial charge in [-0.3, -0.25) is 14.5 Å². The third kappa shape index (κ3) is 2.53. The second-order valence-corrected chi connectivity index (χ2v) is 6.07. The Morgan fingerprint density at radius 1 is 1.50 bits per heavy atom. The first kappa shape index (κ1) is 15.2. The Balaban J connectivity index is 2.33. The van der Waals surface area contributed by atoms with Gasteiger partial charge in [0.25, 0.3) is 5.91 Å². The molecule has 108 valence electrons. The standard InChI is InChI=1S/C11H9Cl2NO5S/c1-4(15)19-2-5-3-20-10-6(8(12)13)9(16)14(10)7(5)11(17)18/h10H,2-3H2,1H3,(H,17,18)/t10-/m1/s1. The van der Waals surface area contributed by atoms with Crippen molar-refractivity contribution in [3.05, 3.63) is 21.3 Å². The summed E-state index contributed by atoms with van der Waals surface area (Å²) in [5.74, 6) is -2.00. The van der Waals surface area contributed by atoms with Gasteiger partial charge in [0.2, 0.25) is 0 Å². The van der Waals surface area contributed by atoms with Crippen molar-refractivity contribution in [1.82, 2.24) is 4.90 Å². The Kier molecular flexibility index (Phi) is 4.31. The van der Waals surface area contributed by atoms with Gasteiger partial charge < -0.3 is 9.84 Å². The third-order valence-electron chi connectivity index (χ3n) is 2.78. The maximum atomic E-state index is 11.9. The zero-order valence-electron chi connectivity index (χ0n) is 10.2. The van der Waals surface area contributed by atoms with Gasteiger partial charge in [-0.05, 0) is 0 Å². The van der Waals surface area contributed by atoms with Gasteiger partial charge >= 0.3 is 11.9 Å². The first-order chi connectivity index (χ1) is 9.34. The fourth-order valence-electron chi connectivity index (χ4n) is 1.93. The van der Waals surface area contributed by atoms with Crippen LogP contribution in [0.15, 0.2) is 21.3 Å². The van der Waals surface area contributed by atoms with Crippen LogP contribution < -0.4 is 0 Å². The topological polar surface area (TPSA) is 83.9 Å². The number of hydrogen-bond acceptors (Lipinski definition) is 5. The minimum atomic E-state index is -1.25. The monoisotopic (exact) mass is 337 g/mol. The third-order valence-corrected chi connectivity index (χ3v) is 4.46. The van der Waals surface area contributed by atoms with Crippen LogP contribution >= 0.6 is 35.0 Å².